The number of H-pyrrole nitrogens is 1. The molecule has 88 valence electrons. The van der Waals surface area contributed by atoms with Gasteiger partial charge in [0.05, 0.1) is 0 Å². The molecule has 0 saturated heterocycles. The highest BCUT2D eigenvalue weighted by atomic mass is 16.2. The number of nitrogens with one attached hydrogen (secondary N) is 1. The minimum absolute atomic E-state index is 0.0577. The monoisotopic (exact) mass is 229 g/mol. The zero-order valence-corrected chi connectivity index (χ0v) is 9.73. The number of carbonyl (C=O) groups is 1. The van der Waals surface area contributed by atoms with Gasteiger partial charge in [-0.3, -0.25) is 4.79 Å². The highest BCUT2D eigenvalue weighted by Gasteiger charge is 2.30. The zero-order valence-electron chi connectivity index (χ0n) is 9.73. The summed E-state index contributed by atoms with van der Waals surface area (Å²) < 4.78 is 0. The standard InChI is InChI=1S/C13H15N3O/c1-16(10-3-4-10)13(17)12-7-8-6-9(14)2-5-11(8)15-12/h2,5-7,10,15H,3-4,14H2,1H3. The van der Waals surface area contributed by atoms with Gasteiger partial charge >= 0.3 is 0 Å². The van der Waals surface area contributed by atoms with Crippen LogP contribution in [-0.2, 0) is 0 Å². The maximum atomic E-state index is 12.1. The van der Waals surface area contributed by atoms with Crippen molar-refractivity contribution >= 4 is 22.5 Å². The van der Waals surface area contributed by atoms with Gasteiger partial charge in [-0.05, 0) is 37.1 Å². The lowest BCUT2D eigenvalue weighted by molar-refractivity contribution is 0.0780. The van der Waals surface area contributed by atoms with E-state index >= 15 is 0 Å². The van der Waals surface area contributed by atoms with E-state index in [2.05, 4.69) is 4.98 Å². The second-order valence-corrected chi connectivity index (χ2v) is 4.68. The van der Waals surface area contributed by atoms with Crippen molar-refractivity contribution in [3.63, 3.8) is 0 Å². The van der Waals surface area contributed by atoms with E-state index in [1.807, 2.05) is 36.2 Å². The highest BCUT2D eigenvalue weighted by molar-refractivity contribution is 5.98. The first-order valence-electron chi connectivity index (χ1n) is 5.80. The number of fused-ring (bicyclic) bond motifs is 1. The van der Waals surface area contributed by atoms with Crippen LogP contribution >= 0.6 is 0 Å². The first-order valence-corrected chi connectivity index (χ1v) is 5.80. The molecule has 0 atom stereocenters. The molecule has 1 heterocycles. The van der Waals surface area contributed by atoms with Crippen molar-refractivity contribution < 1.29 is 4.79 Å². The number of carbonyl (C=O) groups excluding carboxylic acids is 1. The molecule has 0 aliphatic heterocycles. The van der Waals surface area contributed by atoms with Crippen LogP contribution in [0.25, 0.3) is 10.9 Å². The van der Waals surface area contributed by atoms with Gasteiger partial charge in [-0.2, -0.15) is 0 Å². The van der Waals surface area contributed by atoms with Crippen molar-refractivity contribution in [3.8, 4) is 0 Å². The van der Waals surface area contributed by atoms with E-state index in [9.17, 15) is 4.79 Å². The van der Waals surface area contributed by atoms with Gasteiger partial charge in [0, 0.05) is 29.7 Å². The van der Waals surface area contributed by atoms with Crippen molar-refractivity contribution in [3.05, 3.63) is 30.0 Å². The Balaban J connectivity index is 1.97. The van der Waals surface area contributed by atoms with Gasteiger partial charge < -0.3 is 15.6 Å². The molecule has 1 fully saturated rings. The molecule has 0 bridgehead atoms. The van der Waals surface area contributed by atoms with Crippen molar-refractivity contribution in [1.82, 2.24) is 9.88 Å². The Labute approximate surface area is 99.4 Å². The second kappa shape index (κ2) is 3.52. The first-order chi connectivity index (χ1) is 8.15. The summed E-state index contributed by atoms with van der Waals surface area (Å²) in [6, 6.07) is 7.90. The van der Waals surface area contributed by atoms with Gasteiger partial charge in [0.25, 0.3) is 5.91 Å². The zero-order chi connectivity index (χ0) is 12.0. The van der Waals surface area contributed by atoms with E-state index in [1.54, 1.807) is 0 Å². The molecule has 2 aromatic rings. The molecule has 3 N–H and O–H groups in total. The van der Waals surface area contributed by atoms with Gasteiger partial charge in [-0.1, -0.05) is 0 Å². The predicted molar refractivity (Wildman–Crippen MR) is 67.8 cm³/mol. The normalized spacial score (nSPS) is 15.1. The number of hydrogen-bond acceptors (Lipinski definition) is 2. The molecule has 4 nitrogen and oxygen atoms in total. The van der Waals surface area contributed by atoms with Crippen molar-refractivity contribution in [2.75, 3.05) is 12.8 Å². The number of nitrogens with zero attached hydrogens (tertiary/aromatic N) is 1. The molecular formula is C13H15N3O. The summed E-state index contributed by atoms with van der Waals surface area (Å²) in [7, 11) is 1.86. The van der Waals surface area contributed by atoms with E-state index < -0.39 is 0 Å². The number of rotatable bonds is 2. The Morgan fingerprint density at radius 3 is 2.88 bits per heavy atom. The third-order valence-corrected chi connectivity index (χ3v) is 3.29. The molecule has 0 unspecified atom stereocenters. The maximum absolute atomic E-state index is 12.1. The van der Waals surface area contributed by atoms with Crippen LogP contribution in [0.2, 0.25) is 0 Å². The highest BCUT2D eigenvalue weighted by Crippen LogP contribution is 2.27. The van der Waals surface area contributed by atoms with Crippen LogP contribution in [0.15, 0.2) is 24.3 Å². The Morgan fingerprint density at radius 2 is 2.18 bits per heavy atom. The van der Waals surface area contributed by atoms with Crippen LogP contribution < -0.4 is 5.73 Å². The minimum atomic E-state index is 0.0577. The first kappa shape index (κ1) is 10.2. The number of aromatic amines is 1. The number of aromatic nitrogens is 1. The average Bonchev–Trinajstić information content (AvgIpc) is 3.07. The van der Waals surface area contributed by atoms with Crippen molar-refractivity contribution in [1.29, 1.82) is 0 Å². The van der Waals surface area contributed by atoms with Crippen LogP contribution in [0.4, 0.5) is 5.69 Å². The van der Waals surface area contributed by atoms with Gasteiger partial charge in [-0.25, -0.2) is 0 Å². The lowest BCUT2D eigenvalue weighted by atomic mass is 10.2. The smallest absolute Gasteiger partial charge is 0.270 e. The topological polar surface area (TPSA) is 62.1 Å². The fraction of sp³-hybridized carbons (Fsp3) is 0.308. The number of hydrogen-bond donors (Lipinski definition) is 2. The van der Waals surface area contributed by atoms with E-state index in [0.29, 0.717) is 17.4 Å². The molecular weight excluding hydrogens is 214 g/mol. The molecule has 1 aliphatic carbocycles. The van der Waals surface area contributed by atoms with E-state index in [4.69, 9.17) is 5.73 Å². The molecule has 4 heteroatoms. The predicted octanol–water partition coefficient (Wildman–Crippen LogP) is 1.98. The summed E-state index contributed by atoms with van der Waals surface area (Å²) >= 11 is 0. The molecule has 1 aliphatic rings. The van der Waals surface area contributed by atoms with Gasteiger partial charge in [-0.15, -0.1) is 0 Å². The summed E-state index contributed by atoms with van der Waals surface area (Å²) in [5, 5.41) is 0.984. The molecule has 3 rings (SSSR count). The quantitative estimate of drug-likeness (QED) is 0.773. The average molecular weight is 229 g/mol. The Morgan fingerprint density at radius 1 is 1.41 bits per heavy atom. The summed E-state index contributed by atoms with van der Waals surface area (Å²) in [4.78, 5) is 17.1. The fourth-order valence-corrected chi connectivity index (χ4v) is 2.08. The Kier molecular flexibility index (Phi) is 2.11. The lowest BCUT2D eigenvalue weighted by Gasteiger charge is -2.14. The van der Waals surface area contributed by atoms with E-state index in [0.717, 1.165) is 23.7 Å². The van der Waals surface area contributed by atoms with Crippen LogP contribution in [0.1, 0.15) is 23.3 Å². The van der Waals surface area contributed by atoms with Gasteiger partial charge in [0.15, 0.2) is 0 Å². The summed E-state index contributed by atoms with van der Waals surface area (Å²) in [5.41, 5.74) is 8.02. The number of nitrogens with two attached hydrogens (primary N) is 1. The van der Waals surface area contributed by atoms with Gasteiger partial charge in [0.2, 0.25) is 0 Å². The molecule has 1 saturated carbocycles. The largest absolute Gasteiger partial charge is 0.399 e. The lowest BCUT2D eigenvalue weighted by Crippen LogP contribution is -2.28. The SMILES string of the molecule is CN(C(=O)c1cc2cc(N)ccc2[nH]1)C1CC1. The number of anilines is 1. The van der Waals surface area contributed by atoms with Crippen molar-refractivity contribution in [2.24, 2.45) is 0 Å². The number of benzene rings is 1. The van der Waals surface area contributed by atoms with Crippen molar-refractivity contribution in [2.45, 2.75) is 18.9 Å². The van der Waals surface area contributed by atoms with E-state index in [1.165, 1.54) is 0 Å². The third-order valence-electron chi connectivity index (χ3n) is 3.29. The van der Waals surface area contributed by atoms with Gasteiger partial charge in [0.1, 0.15) is 5.69 Å². The molecule has 0 radical (unpaired) electrons. The molecule has 1 aromatic carbocycles. The summed E-state index contributed by atoms with van der Waals surface area (Å²) in [6.45, 7) is 0. The fourth-order valence-electron chi connectivity index (χ4n) is 2.08. The molecule has 17 heavy (non-hydrogen) atoms. The maximum Gasteiger partial charge on any atom is 0.270 e. The molecule has 0 spiro atoms. The number of nitrogen functional groups attached to an aromatic ring is 1. The Hall–Kier alpha value is -1.97. The summed E-state index contributed by atoms with van der Waals surface area (Å²) in [5.74, 6) is 0.0577. The second-order valence-electron chi connectivity index (χ2n) is 4.68. The van der Waals surface area contributed by atoms with Crippen LogP contribution in [-0.4, -0.2) is 28.9 Å². The van der Waals surface area contributed by atoms with Crippen LogP contribution in [0, 0.1) is 0 Å². The van der Waals surface area contributed by atoms with Crippen LogP contribution in [0.3, 0.4) is 0 Å². The van der Waals surface area contributed by atoms with Crippen LogP contribution in [0.5, 0.6) is 0 Å². The molecule has 1 aromatic heterocycles. The third kappa shape index (κ3) is 1.75. The molecule has 1 amide bonds. The summed E-state index contributed by atoms with van der Waals surface area (Å²) in [6.07, 6.45) is 2.24. The minimum Gasteiger partial charge on any atom is -0.399 e. The number of amides is 1. The van der Waals surface area contributed by atoms with E-state index in [-0.39, 0.29) is 5.91 Å². The Bertz CT molecular complexity index is 583.